The topological polar surface area (TPSA) is 68.5 Å². The lowest BCUT2D eigenvalue weighted by molar-refractivity contribution is -0.116. The molecule has 4 rings (SSSR count). The van der Waals surface area contributed by atoms with Gasteiger partial charge in [-0.15, -0.1) is 5.10 Å². The molecule has 0 aliphatic carbocycles. The van der Waals surface area contributed by atoms with Crippen LogP contribution in [0.4, 0.5) is 5.95 Å². The molecule has 2 heterocycles. The molecular weight excluding hydrogens is 360 g/mol. The van der Waals surface area contributed by atoms with Crippen LogP contribution < -0.4 is 10.1 Å². The van der Waals surface area contributed by atoms with E-state index in [2.05, 4.69) is 27.5 Å². The van der Waals surface area contributed by atoms with E-state index in [1.165, 1.54) is 10.3 Å². The average Bonchev–Trinajstić information content (AvgIpc) is 3.17. The van der Waals surface area contributed by atoms with Crippen molar-refractivity contribution in [1.82, 2.24) is 14.6 Å². The summed E-state index contributed by atoms with van der Waals surface area (Å²) in [7, 11) is 0. The number of rotatable bonds is 6. The maximum absolute atomic E-state index is 12.1. The first-order valence-corrected chi connectivity index (χ1v) is 9.66. The van der Waals surface area contributed by atoms with Gasteiger partial charge in [-0.3, -0.25) is 10.1 Å². The average molecular weight is 380 g/mol. The smallest absolute Gasteiger partial charge is 0.250 e. The molecule has 0 unspecified atom stereocenters. The molecule has 0 aliphatic rings. The van der Waals surface area contributed by atoms with Crippen LogP contribution in [-0.4, -0.2) is 27.1 Å². The van der Waals surface area contributed by atoms with E-state index < -0.39 is 0 Å². The number of carbonyl (C=O) groups excluding carboxylic acids is 1. The van der Waals surface area contributed by atoms with E-state index in [0.717, 1.165) is 21.8 Å². The molecule has 6 nitrogen and oxygen atoms in total. The first-order chi connectivity index (χ1) is 13.1. The summed E-state index contributed by atoms with van der Waals surface area (Å²) in [6.45, 7) is 4.50. The van der Waals surface area contributed by atoms with Crippen molar-refractivity contribution in [2.75, 3.05) is 11.9 Å². The van der Waals surface area contributed by atoms with Crippen LogP contribution in [0, 0.1) is 13.8 Å². The van der Waals surface area contributed by atoms with Gasteiger partial charge >= 0.3 is 0 Å². The number of amides is 1. The van der Waals surface area contributed by atoms with Crippen LogP contribution in [0.2, 0.25) is 0 Å². The Morgan fingerprint density at radius 3 is 2.81 bits per heavy atom. The molecule has 4 aromatic rings. The van der Waals surface area contributed by atoms with Crippen LogP contribution in [0.5, 0.6) is 5.75 Å². The highest BCUT2D eigenvalue weighted by molar-refractivity contribution is 7.17. The van der Waals surface area contributed by atoms with E-state index in [-0.39, 0.29) is 5.91 Å². The van der Waals surface area contributed by atoms with E-state index in [4.69, 9.17) is 4.74 Å². The second-order valence-electron chi connectivity index (χ2n) is 6.38. The van der Waals surface area contributed by atoms with Gasteiger partial charge < -0.3 is 4.74 Å². The Labute approximate surface area is 160 Å². The van der Waals surface area contributed by atoms with Crippen LogP contribution in [0.25, 0.3) is 15.7 Å². The molecule has 1 N–H and O–H groups in total. The lowest BCUT2D eigenvalue weighted by atomic mass is 10.1. The predicted molar refractivity (Wildman–Crippen MR) is 108 cm³/mol. The summed E-state index contributed by atoms with van der Waals surface area (Å²) in [5.41, 5.74) is 1.05. The van der Waals surface area contributed by atoms with Gasteiger partial charge in [-0.05, 0) is 43.2 Å². The number of benzene rings is 2. The molecule has 0 saturated heterocycles. The Morgan fingerprint density at radius 1 is 1.19 bits per heavy atom. The molecule has 0 atom stereocenters. The largest absolute Gasteiger partial charge is 0.494 e. The SMILES string of the molecule is Cc1sc2nc(NC(=O)CCCOc3ccc4ccccc4c3)nn2c1C. The van der Waals surface area contributed by atoms with Crippen LogP contribution >= 0.6 is 11.3 Å². The quantitative estimate of drug-likeness (QED) is 0.505. The maximum Gasteiger partial charge on any atom is 0.250 e. The molecule has 0 aliphatic heterocycles. The number of thiazole rings is 1. The van der Waals surface area contributed by atoms with Gasteiger partial charge in [-0.2, -0.15) is 4.98 Å². The highest BCUT2D eigenvalue weighted by Gasteiger charge is 2.12. The predicted octanol–water partition coefficient (Wildman–Crippen LogP) is 4.36. The van der Waals surface area contributed by atoms with Crippen molar-refractivity contribution in [3.8, 4) is 5.75 Å². The van der Waals surface area contributed by atoms with Gasteiger partial charge in [0, 0.05) is 11.3 Å². The van der Waals surface area contributed by atoms with Crippen molar-refractivity contribution >= 4 is 38.9 Å². The minimum atomic E-state index is -0.107. The Balaban J connectivity index is 1.27. The van der Waals surface area contributed by atoms with Gasteiger partial charge in [-0.1, -0.05) is 41.7 Å². The molecule has 0 bridgehead atoms. The minimum Gasteiger partial charge on any atom is -0.494 e. The van der Waals surface area contributed by atoms with E-state index in [0.29, 0.717) is 25.4 Å². The number of aryl methyl sites for hydroxylation is 2. The third-order valence-corrected chi connectivity index (χ3v) is 5.49. The zero-order chi connectivity index (χ0) is 18.8. The summed E-state index contributed by atoms with van der Waals surface area (Å²) in [6, 6.07) is 14.2. The fourth-order valence-corrected chi connectivity index (χ4v) is 3.77. The van der Waals surface area contributed by atoms with Gasteiger partial charge in [-0.25, -0.2) is 4.52 Å². The van der Waals surface area contributed by atoms with Crippen molar-refractivity contribution in [1.29, 1.82) is 0 Å². The van der Waals surface area contributed by atoms with E-state index >= 15 is 0 Å². The molecule has 7 heteroatoms. The van der Waals surface area contributed by atoms with Gasteiger partial charge in [0.15, 0.2) is 0 Å². The lowest BCUT2D eigenvalue weighted by Crippen LogP contribution is -2.14. The summed E-state index contributed by atoms with van der Waals surface area (Å²) in [5.74, 6) is 1.06. The van der Waals surface area contributed by atoms with E-state index in [1.54, 1.807) is 15.9 Å². The zero-order valence-corrected chi connectivity index (χ0v) is 16.0. The molecular formula is C20H20N4O2S. The number of carbonyl (C=O) groups is 1. The van der Waals surface area contributed by atoms with Crippen molar-refractivity contribution in [3.63, 3.8) is 0 Å². The van der Waals surface area contributed by atoms with Crippen LogP contribution in [0.15, 0.2) is 42.5 Å². The number of nitrogens with zero attached hydrogens (tertiary/aromatic N) is 3. The highest BCUT2D eigenvalue weighted by Crippen LogP contribution is 2.22. The van der Waals surface area contributed by atoms with E-state index in [9.17, 15) is 4.79 Å². The summed E-state index contributed by atoms with van der Waals surface area (Å²) < 4.78 is 7.53. The fourth-order valence-electron chi connectivity index (χ4n) is 2.86. The normalized spacial score (nSPS) is 11.2. The second kappa shape index (κ2) is 7.36. The molecule has 1 amide bonds. The van der Waals surface area contributed by atoms with Gasteiger partial charge in [0.25, 0.3) is 0 Å². The summed E-state index contributed by atoms with van der Waals surface area (Å²) in [6.07, 6.45) is 0.984. The molecule has 2 aromatic heterocycles. The van der Waals surface area contributed by atoms with Gasteiger partial charge in [0.05, 0.1) is 12.3 Å². The first-order valence-electron chi connectivity index (χ1n) is 8.84. The standard InChI is InChI=1S/C20H20N4O2S/c1-13-14(2)27-20-22-19(23-24(13)20)21-18(25)8-5-11-26-17-10-9-15-6-3-4-7-16(15)12-17/h3-4,6-7,9-10,12H,5,8,11H2,1-2H3,(H,21,23,25). The number of hydrogen-bond acceptors (Lipinski definition) is 5. The molecule has 0 fully saturated rings. The summed E-state index contributed by atoms with van der Waals surface area (Å²) in [5, 5.41) is 9.41. The minimum absolute atomic E-state index is 0.107. The maximum atomic E-state index is 12.1. The molecule has 27 heavy (non-hydrogen) atoms. The van der Waals surface area contributed by atoms with Crippen molar-refractivity contribution in [2.45, 2.75) is 26.7 Å². The first kappa shape index (κ1) is 17.5. The Morgan fingerprint density at radius 2 is 2.00 bits per heavy atom. The van der Waals surface area contributed by atoms with Crippen molar-refractivity contribution < 1.29 is 9.53 Å². The van der Waals surface area contributed by atoms with Crippen molar-refractivity contribution in [2.24, 2.45) is 0 Å². The third kappa shape index (κ3) is 3.78. The summed E-state index contributed by atoms with van der Waals surface area (Å²) >= 11 is 1.56. The Kier molecular flexibility index (Phi) is 4.77. The highest BCUT2D eigenvalue weighted by atomic mass is 32.1. The van der Waals surface area contributed by atoms with Gasteiger partial charge in [0.2, 0.25) is 16.8 Å². The molecule has 0 spiro atoms. The molecule has 2 aromatic carbocycles. The monoisotopic (exact) mass is 380 g/mol. The number of hydrogen-bond donors (Lipinski definition) is 1. The Hall–Kier alpha value is -2.93. The number of ether oxygens (including phenoxy) is 1. The molecule has 138 valence electrons. The molecule has 0 radical (unpaired) electrons. The van der Waals surface area contributed by atoms with Gasteiger partial charge in [0.1, 0.15) is 5.75 Å². The summed E-state index contributed by atoms with van der Waals surface area (Å²) in [4.78, 5) is 18.4. The number of aromatic nitrogens is 3. The lowest BCUT2D eigenvalue weighted by Gasteiger charge is -2.07. The van der Waals surface area contributed by atoms with Crippen molar-refractivity contribution in [3.05, 3.63) is 53.0 Å². The molecule has 0 saturated carbocycles. The van der Waals surface area contributed by atoms with Crippen LogP contribution in [0.1, 0.15) is 23.4 Å². The number of nitrogens with one attached hydrogen (secondary N) is 1. The third-order valence-electron chi connectivity index (χ3n) is 4.44. The number of fused-ring (bicyclic) bond motifs is 2. The number of anilines is 1. The Bertz CT molecular complexity index is 1120. The second-order valence-corrected chi connectivity index (χ2v) is 7.56. The van der Waals surface area contributed by atoms with E-state index in [1.807, 2.05) is 44.2 Å². The fraction of sp³-hybridized carbons (Fsp3) is 0.250. The zero-order valence-electron chi connectivity index (χ0n) is 15.2. The van der Waals surface area contributed by atoms with Crippen LogP contribution in [0.3, 0.4) is 0 Å². The van der Waals surface area contributed by atoms with Crippen LogP contribution in [-0.2, 0) is 4.79 Å².